The number of halogens is 1. The van der Waals surface area contributed by atoms with Crippen LogP contribution in [0, 0.1) is 5.82 Å². The van der Waals surface area contributed by atoms with Gasteiger partial charge in [0, 0.05) is 12.6 Å². The van der Waals surface area contributed by atoms with Gasteiger partial charge in [0.2, 0.25) is 0 Å². The van der Waals surface area contributed by atoms with Gasteiger partial charge in [-0.05, 0) is 30.7 Å². The quantitative estimate of drug-likeness (QED) is 0.824. The predicted molar refractivity (Wildman–Crippen MR) is 69.3 cm³/mol. The van der Waals surface area contributed by atoms with Crippen molar-refractivity contribution in [2.24, 2.45) is 0 Å². The molecule has 1 heterocycles. The summed E-state index contributed by atoms with van der Waals surface area (Å²) < 4.78 is 14.4. The Labute approximate surface area is 111 Å². The van der Waals surface area contributed by atoms with E-state index in [1.165, 1.54) is 12.1 Å². The zero-order valence-electron chi connectivity index (χ0n) is 10.8. The van der Waals surface area contributed by atoms with Gasteiger partial charge >= 0.3 is 0 Å². The maximum absolute atomic E-state index is 12.8. The number of hydrogen-bond acceptors (Lipinski definition) is 4. The molecule has 6 heteroatoms. The highest BCUT2D eigenvalue weighted by molar-refractivity contribution is 5.30. The minimum atomic E-state index is -0.278. The van der Waals surface area contributed by atoms with Gasteiger partial charge < -0.3 is 10.4 Å². The molecule has 0 spiro atoms. The molecular formula is C13H17FN4O. The number of hydrogen-bond donors (Lipinski definition) is 2. The van der Waals surface area contributed by atoms with Crippen molar-refractivity contribution in [1.82, 2.24) is 20.3 Å². The van der Waals surface area contributed by atoms with E-state index in [1.807, 2.05) is 6.92 Å². The van der Waals surface area contributed by atoms with Crippen LogP contribution in [0.15, 0.2) is 30.5 Å². The van der Waals surface area contributed by atoms with Gasteiger partial charge in [0.15, 0.2) is 0 Å². The molecule has 1 atom stereocenters. The molecule has 0 unspecified atom stereocenters. The van der Waals surface area contributed by atoms with E-state index in [0.29, 0.717) is 6.54 Å². The van der Waals surface area contributed by atoms with Crippen molar-refractivity contribution in [1.29, 1.82) is 0 Å². The third-order valence-corrected chi connectivity index (χ3v) is 2.92. The lowest BCUT2D eigenvalue weighted by Gasteiger charge is -2.11. The van der Waals surface area contributed by atoms with Crippen LogP contribution < -0.4 is 5.32 Å². The largest absolute Gasteiger partial charge is 0.395 e. The minimum absolute atomic E-state index is 0.0657. The van der Waals surface area contributed by atoms with E-state index in [-0.39, 0.29) is 18.5 Å². The molecule has 0 aliphatic carbocycles. The first-order valence-corrected chi connectivity index (χ1v) is 6.24. The summed E-state index contributed by atoms with van der Waals surface area (Å²) in [6.45, 7) is 2.64. The van der Waals surface area contributed by atoms with Crippen LogP contribution in [0.5, 0.6) is 0 Å². The van der Waals surface area contributed by atoms with Crippen LogP contribution in [0.4, 0.5) is 4.39 Å². The van der Waals surface area contributed by atoms with E-state index >= 15 is 0 Å². The van der Waals surface area contributed by atoms with Gasteiger partial charge in [-0.15, -0.1) is 5.10 Å². The van der Waals surface area contributed by atoms with E-state index < -0.39 is 0 Å². The van der Waals surface area contributed by atoms with E-state index in [0.717, 1.165) is 17.8 Å². The maximum Gasteiger partial charge on any atom is 0.123 e. The number of nitrogens with one attached hydrogen (secondary N) is 1. The second-order valence-corrected chi connectivity index (χ2v) is 4.30. The Bertz CT molecular complexity index is 508. The summed E-state index contributed by atoms with van der Waals surface area (Å²) >= 11 is 0. The number of rotatable bonds is 6. The van der Waals surface area contributed by atoms with Gasteiger partial charge in [-0.3, -0.25) is 0 Å². The van der Waals surface area contributed by atoms with E-state index in [9.17, 15) is 4.39 Å². The number of aromatic nitrogens is 3. The predicted octanol–water partition coefficient (Wildman–Crippen LogP) is 1.27. The monoisotopic (exact) mass is 264 g/mol. The fraction of sp³-hybridized carbons (Fsp3) is 0.385. The summed E-state index contributed by atoms with van der Waals surface area (Å²) in [6, 6.07) is 6.12. The molecule has 0 aliphatic heterocycles. The van der Waals surface area contributed by atoms with Crippen molar-refractivity contribution < 1.29 is 9.50 Å². The van der Waals surface area contributed by atoms with E-state index in [2.05, 4.69) is 15.6 Å². The highest BCUT2D eigenvalue weighted by Crippen LogP contribution is 2.08. The van der Waals surface area contributed by atoms with Gasteiger partial charge in [-0.1, -0.05) is 12.1 Å². The Morgan fingerprint density at radius 2 is 2.11 bits per heavy atom. The molecule has 0 radical (unpaired) electrons. The number of benzene rings is 1. The lowest BCUT2D eigenvalue weighted by molar-refractivity contribution is 0.238. The second-order valence-electron chi connectivity index (χ2n) is 4.30. The minimum Gasteiger partial charge on any atom is -0.395 e. The van der Waals surface area contributed by atoms with Crippen LogP contribution in [-0.4, -0.2) is 32.7 Å². The molecule has 102 valence electrons. The zero-order valence-corrected chi connectivity index (χ0v) is 10.8. The van der Waals surface area contributed by atoms with Crippen LogP contribution in [0.25, 0.3) is 5.69 Å². The molecule has 19 heavy (non-hydrogen) atoms. The van der Waals surface area contributed by atoms with Gasteiger partial charge in [0.05, 0.1) is 24.2 Å². The third-order valence-electron chi connectivity index (χ3n) is 2.92. The molecule has 0 aliphatic rings. The summed E-state index contributed by atoms with van der Waals surface area (Å²) in [6.07, 6.45) is 2.63. The van der Waals surface area contributed by atoms with Crippen molar-refractivity contribution in [3.8, 4) is 5.69 Å². The first kappa shape index (κ1) is 13.6. The molecule has 0 saturated carbocycles. The fourth-order valence-electron chi connectivity index (χ4n) is 1.69. The topological polar surface area (TPSA) is 63.0 Å². The molecule has 0 saturated heterocycles. The lowest BCUT2D eigenvalue weighted by Crippen LogP contribution is -2.31. The highest BCUT2D eigenvalue weighted by Gasteiger charge is 2.06. The van der Waals surface area contributed by atoms with Crippen LogP contribution >= 0.6 is 0 Å². The molecule has 1 aromatic heterocycles. The van der Waals surface area contributed by atoms with Gasteiger partial charge in [0.25, 0.3) is 0 Å². The molecular weight excluding hydrogens is 247 g/mol. The Morgan fingerprint density at radius 3 is 2.74 bits per heavy atom. The summed E-state index contributed by atoms with van der Waals surface area (Å²) in [5, 5.41) is 20.3. The maximum atomic E-state index is 12.8. The first-order valence-electron chi connectivity index (χ1n) is 6.24. The van der Waals surface area contributed by atoms with E-state index in [1.54, 1.807) is 23.0 Å². The zero-order chi connectivity index (χ0) is 13.7. The summed E-state index contributed by atoms with van der Waals surface area (Å²) in [5.41, 5.74) is 1.53. The molecule has 1 aromatic carbocycles. The molecule has 0 bridgehead atoms. The Morgan fingerprint density at radius 1 is 1.37 bits per heavy atom. The Hall–Kier alpha value is -1.79. The molecule has 2 N–H and O–H groups in total. The molecule has 2 rings (SSSR count). The molecule has 0 fully saturated rings. The van der Waals surface area contributed by atoms with Crippen molar-refractivity contribution in [3.05, 3.63) is 42.0 Å². The van der Waals surface area contributed by atoms with Crippen molar-refractivity contribution in [3.63, 3.8) is 0 Å². The van der Waals surface area contributed by atoms with Crippen molar-refractivity contribution >= 4 is 0 Å². The Balaban J connectivity index is 2.01. The number of aliphatic hydroxyl groups is 1. The average molecular weight is 264 g/mol. The molecule has 2 aromatic rings. The SMILES string of the molecule is CC[C@@H](CO)NCc1cn(-c2ccc(F)cc2)nn1. The first-order chi connectivity index (χ1) is 9.22. The summed E-state index contributed by atoms with van der Waals surface area (Å²) in [4.78, 5) is 0. The molecule has 0 amide bonds. The number of nitrogens with zero attached hydrogens (tertiary/aromatic N) is 3. The second kappa shape index (κ2) is 6.40. The smallest absolute Gasteiger partial charge is 0.123 e. The fourth-order valence-corrected chi connectivity index (χ4v) is 1.69. The summed E-state index contributed by atoms with van der Waals surface area (Å²) in [7, 11) is 0. The van der Waals surface area contributed by atoms with Gasteiger partial charge in [-0.2, -0.15) is 0 Å². The van der Waals surface area contributed by atoms with E-state index in [4.69, 9.17) is 5.11 Å². The third kappa shape index (κ3) is 3.59. The van der Waals surface area contributed by atoms with Gasteiger partial charge in [0.1, 0.15) is 5.82 Å². The summed E-state index contributed by atoms with van der Waals surface area (Å²) in [5.74, 6) is -0.278. The standard InChI is InChI=1S/C13H17FN4O/c1-2-11(9-19)15-7-12-8-18(17-16-12)13-5-3-10(14)4-6-13/h3-6,8,11,15,19H,2,7,9H2,1H3/t11-/m0/s1. The average Bonchev–Trinajstić information content (AvgIpc) is 2.89. The van der Waals surface area contributed by atoms with Crippen LogP contribution in [0.3, 0.4) is 0 Å². The van der Waals surface area contributed by atoms with Crippen LogP contribution in [0.2, 0.25) is 0 Å². The number of aliphatic hydroxyl groups excluding tert-OH is 1. The van der Waals surface area contributed by atoms with Crippen molar-refractivity contribution in [2.45, 2.75) is 25.9 Å². The van der Waals surface area contributed by atoms with Gasteiger partial charge in [-0.25, -0.2) is 9.07 Å². The highest BCUT2D eigenvalue weighted by atomic mass is 19.1. The van der Waals surface area contributed by atoms with Crippen LogP contribution in [0.1, 0.15) is 19.0 Å². The Kier molecular flexibility index (Phi) is 4.59. The van der Waals surface area contributed by atoms with Crippen molar-refractivity contribution in [2.75, 3.05) is 6.61 Å². The van der Waals surface area contributed by atoms with Crippen LogP contribution in [-0.2, 0) is 6.54 Å². The normalized spacial score (nSPS) is 12.6. The lowest BCUT2D eigenvalue weighted by atomic mass is 10.2. The molecule has 5 nitrogen and oxygen atoms in total.